The van der Waals surface area contributed by atoms with E-state index in [1.807, 2.05) is 18.2 Å². The number of benzene rings is 1. The second kappa shape index (κ2) is 4.30. The van der Waals surface area contributed by atoms with Gasteiger partial charge in [0.05, 0.1) is 17.4 Å². The molecule has 1 aliphatic rings. The van der Waals surface area contributed by atoms with Gasteiger partial charge in [0.2, 0.25) is 0 Å². The van der Waals surface area contributed by atoms with E-state index in [2.05, 4.69) is 15.3 Å². The van der Waals surface area contributed by atoms with Crippen LogP contribution in [0.1, 0.15) is 18.7 Å². The number of hydrogen-bond acceptors (Lipinski definition) is 3. The molecule has 4 nitrogen and oxygen atoms in total. The lowest BCUT2D eigenvalue weighted by atomic mass is 10.2. The van der Waals surface area contributed by atoms with Gasteiger partial charge in [0.15, 0.2) is 0 Å². The summed E-state index contributed by atoms with van der Waals surface area (Å²) in [7, 11) is 0. The molecule has 1 aromatic carbocycles. The summed E-state index contributed by atoms with van der Waals surface area (Å²) in [4.78, 5) is 19.0. The van der Waals surface area contributed by atoms with Crippen molar-refractivity contribution in [3.8, 4) is 0 Å². The van der Waals surface area contributed by atoms with E-state index in [1.54, 1.807) is 6.07 Å². The maximum Gasteiger partial charge on any atom is 0.258 e. The maximum absolute atomic E-state index is 11.8. The van der Waals surface area contributed by atoms with Crippen LogP contribution in [0.5, 0.6) is 0 Å². The zero-order valence-corrected chi connectivity index (χ0v) is 9.57. The first kappa shape index (κ1) is 10.5. The lowest BCUT2D eigenvalue weighted by Gasteiger charge is -2.04. The van der Waals surface area contributed by atoms with Gasteiger partial charge in [-0.25, -0.2) is 4.98 Å². The van der Waals surface area contributed by atoms with Crippen LogP contribution in [0, 0.1) is 5.92 Å². The Morgan fingerprint density at radius 2 is 2.18 bits per heavy atom. The van der Waals surface area contributed by atoms with Crippen LogP contribution in [0.2, 0.25) is 0 Å². The predicted molar refractivity (Wildman–Crippen MR) is 66.8 cm³/mol. The number of H-pyrrole nitrogens is 1. The first-order chi connectivity index (χ1) is 8.33. The summed E-state index contributed by atoms with van der Waals surface area (Å²) < 4.78 is 0. The van der Waals surface area contributed by atoms with Gasteiger partial charge in [-0.1, -0.05) is 12.1 Å². The molecule has 1 saturated carbocycles. The number of hydrogen-bond donors (Lipinski definition) is 2. The van der Waals surface area contributed by atoms with Crippen LogP contribution in [-0.2, 0) is 6.54 Å². The predicted octanol–water partition coefficient (Wildman–Crippen LogP) is 1.42. The summed E-state index contributed by atoms with van der Waals surface area (Å²) in [5.41, 5.74) is 0.707. The summed E-state index contributed by atoms with van der Waals surface area (Å²) in [6, 6.07) is 7.41. The minimum Gasteiger partial charge on any atom is -0.310 e. The monoisotopic (exact) mass is 229 g/mol. The summed E-state index contributed by atoms with van der Waals surface area (Å²) in [6.07, 6.45) is 2.66. The van der Waals surface area contributed by atoms with E-state index < -0.39 is 0 Å². The molecular weight excluding hydrogens is 214 g/mol. The van der Waals surface area contributed by atoms with Crippen LogP contribution in [-0.4, -0.2) is 16.5 Å². The minimum atomic E-state index is -0.0566. The zero-order valence-electron chi connectivity index (χ0n) is 9.57. The fourth-order valence-electron chi connectivity index (χ4n) is 1.94. The topological polar surface area (TPSA) is 57.8 Å². The molecule has 1 fully saturated rings. The number of fused-ring (bicyclic) bond motifs is 1. The summed E-state index contributed by atoms with van der Waals surface area (Å²) in [6.45, 7) is 1.66. The Morgan fingerprint density at radius 1 is 1.35 bits per heavy atom. The van der Waals surface area contributed by atoms with Crippen LogP contribution in [0.15, 0.2) is 29.1 Å². The molecule has 1 aliphatic carbocycles. The zero-order chi connectivity index (χ0) is 11.7. The average Bonchev–Trinajstić information content (AvgIpc) is 3.13. The largest absolute Gasteiger partial charge is 0.310 e. The highest BCUT2D eigenvalue weighted by atomic mass is 16.1. The molecule has 0 unspecified atom stereocenters. The normalized spacial score (nSPS) is 15.3. The number of aromatic amines is 1. The Morgan fingerprint density at radius 3 is 3.00 bits per heavy atom. The molecule has 1 aromatic heterocycles. The van der Waals surface area contributed by atoms with Gasteiger partial charge in [-0.2, -0.15) is 0 Å². The third-order valence-corrected chi connectivity index (χ3v) is 3.08. The van der Waals surface area contributed by atoms with Crippen molar-refractivity contribution in [3.05, 3.63) is 40.4 Å². The number of rotatable bonds is 4. The molecule has 4 heteroatoms. The van der Waals surface area contributed by atoms with Crippen molar-refractivity contribution in [1.29, 1.82) is 0 Å². The van der Waals surface area contributed by atoms with Crippen LogP contribution in [0.25, 0.3) is 10.9 Å². The van der Waals surface area contributed by atoms with E-state index in [0.717, 1.165) is 18.0 Å². The fraction of sp³-hybridized carbons (Fsp3) is 0.385. The Labute approximate surface area is 99.1 Å². The highest BCUT2D eigenvalue weighted by molar-refractivity contribution is 5.77. The molecule has 17 heavy (non-hydrogen) atoms. The molecule has 1 heterocycles. The van der Waals surface area contributed by atoms with Gasteiger partial charge < -0.3 is 10.3 Å². The second-order valence-corrected chi connectivity index (χ2v) is 4.60. The van der Waals surface area contributed by atoms with Crippen LogP contribution >= 0.6 is 0 Å². The van der Waals surface area contributed by atoms with Gasteiger partial charge in [0.25, 0.3) is 5.56 Å². The lowest BCUT2D eigenvalue weighted by Crippen LogP contribution is -2.21. The minimum absolute atomic E-state index is 0.0566. The quantitative estimate of drug-likeness (QED) is 0.833. The summed E-state index contributed by atoms with van der Waals surface area (Å²) >= 11 is 0. The summed E-state index contributed by atoms with van der Waals surface area (Å²) in [5, 5.41) is 3.97. The number of nitrogens with zero attached hydrogens (tertiary/aromatic N) is 1. The van der Waals surface area contributed by atoms with Gasteiger partial charge in [-0.15, -0.1) is 0 Å². The highest BCUT2D eigenvalue weighted by Crippen LogP contribution is 2.27. The van der Waals surface area contributed by atoms with Crippen LogP contribution in [0.4, 0.5) is 0 Å². The van der Waals surface area contributed by atoms with E-state index in [9.17, 15) is 4.79 Å². The van der Waals surface area contributed by atoms with E-state index >= 15 is 0 Å². The van der Waals surface area contributed by atoms with Gasteiger partial charge in [0.1, 0.15) is 5.82 Å². The number of para-hydroxylation sites is 1. The molecule has 0 bridgehead atoms. The molecule has 0 saturated heterocycles. The Balaban J connectivity index is 1.81. The van der Waals surface area contributed by atoms with Gasteiger partial charge in [-0.05, 0) is 37.4 Å². The molecule has 0 amide bonds. The van der Waals surface area contributed by atoms with E-state index in [4.69, 9.17) is 0 Å². The van der Waals surface area contributed by atoms with E-state index in [0.29, 0.717) is 17.8 Å². The highest BCUT2D eigenvalue weighted by Gasteiger charge is 2.20. The molecule has 0 aliphatic heterocycles. The number of nitrogens with one attached hydrogen (secondary N) is 2. The van der Waals surface area contributed by atoms with Crippen LogP contribution < -0.4 is 10.9 Å². The SMILES string of the molecule is O=c1[nH]c(CNCC2CC2)nc2ccccc12. The van der Waals surface area contributed by atoms with Crippen molar-refractivity contribution in [3.63, 3.8) is 0 Å². The van der Waals surface area contributed by atoms with Crippen LogP contribution in [0.3, 0.4) is 0 Å². The van der Waals surface area contributed by atoms with E-state index in [1.165, 1.54) is 12.8 Å². The fourth-order valence-corrected chi connectivity index (χ4v) is 1.94. The Hall–Kier alpha value is -1.68. The van der Waals surface area contributed by atoms with Gasteiger partial charge >= 0.3 is 0 Å². The first-order valence-electron chi connectivity index (χ1n) is 6.01. The van der Waals surface area contributed by atoms with Crippen molar-refractivity contribution >= 4 is 10.9 Å². The molecule has 88 valence electrons. The first-order valence-corrected chi connectivity index (χ1v) is 6.01. The van der Waals surface area contributed by atoms with Crippen molar-refractivity contribution in [1.82, 2.24) is 15.3 Å². The van der Waals surface area contributed by atoms with Gasteiger partial charge in [0, 0.05) is 0 Å². The molecule has 0 atom stereocenters. The number of aromatic nitrogens is 2. The maximum atomic E-state index is 11.8. The molecule has 0 radical (unpaired) electrons. The molecular formula is C13H15N3O. The molecule has 3 rings (SSSR count). The van der Waals surface area contributed by atoms with Gasteiger partial charge in [-0.3, -0.25) is 4.79 Å². The summed E-state index contributed by atoms with van der Waals surface area (Å²) in [5.74, 6) is 1.55. The molecule has 0 spiro atoms. The third kappa shape index (κ3) is 2.36. The smallest absolute Gasteiger partial charge is 0.258 e. The van der Waals surface area contributed by atoms with Crippen molar-refractivity contribution in [2.75, 3.05) is 6.54 Å². The van der Waals surface area contributed by atoms with Crippen molar-refractivity contribution in [2.45, 2.75) is 19.4 Å². The Kier molecular flexibility index (Phi) is 2.65. The average molecular weight is 229 g/mol. The van der Waals surface area contributed by atoms with E-state index in [-0.39, 0.29) is 5.56 Å². The Bertz CT molecular complexity index is 586. The van der Waals surface area contributed by atoms with Crippen molar-refractivity contribution in [2.24, 2.45) is 5.92 Å². The van der Waals surface area contributed by atoms with Crippen molar-refractivity contribution < 1.29 is 0 Å². The third-order valence-electron chi connectivity index (χ3n) is 3.08. The molecule has 2 N–H and O–H groups in total. The standard InChI is InChI=1S/C13H15N3O/c17-13-10-3-1-2-4-11(10)15-12(16-13)8-14-7-9-5-6-9/h1-4,9,14H,5-8H2,(H,15,16,17). The lowest BCUT2D eigenvalue weighted by molar-refractivity contribution is 0.619. The second-order valence-electron chi connectivity index (χ2n) is 4.60. The molecule has 2 aromatic rings.